The van der Waals surface area contributed by atoms with Gasteiger partial charge < -0.3 is 14.5 Å². The zero-order valence-electron chi connectivity index (χ0n) is 5.53. The lowest BCUT2D eigenvalue weighted by Crippen LogP contribution is -1.75. The summed E-state index contributed by atoms with van der Waals surface area (Å²) in [6, 6.07) is 3.68. The van der Waals surface area contributed by atoms with E-state index in [1.165, 1.54) is 0 Å². The van der Waals surface area contributed by atoms with Crippen molar-refractivity contribution in [3.05, 3.63) is 30.7 Å². The minimum atomic E-state index is -0.750. The number of hydrogen-bond donors (Lipinski definition) is 2. The van der Waals surface area contributed by atoms with Crippen molar-refractivity contribution >= 4 is 13.8 Å². The van der Waals surface area contributed by atoms with Gasteiger partial charge in [0.05, 0.1) is 6.26 Å². The molecule has 0 fully saturated rings. The molecule has 4 heteroatoms. The summed E-state index contributed by atoms with van der Waals surface area (Å²) in [5.41, 5.74) is 0. The van der Waals surface area contributed by atoms with Crippen molar-refractivity contribution in [2.45, 2.75) is 0 Å². The smallest absolute Gasteiger partial charge is 0.432 e. The Morgan fingerprint density at radius 1 is 1.60 bits per heavy atom. The fourth-order valence-corrected chi connectivity index (χ4v) is 0.407. The lowest BCUT2D eigenvalue weighted by Gasteiger charge is -1.73. The van der Waals surface area contributed by atoms with Gasteiger partial charge in [0.2, 0.25) is 0 Å². The predicted octanol–water partition coefficient (Wildman–Crippen LogP) is 0.160. The quantitative estimate of drug-likeness (QED) is 0.546. The van der Waals surface area contributed by atoms with E-state index in [4.69, 9.17) is 14.5 Å². The van der Waals surface area contributed by atoms with E-state index in [0.717, 1.165) is 5.76 Å². The average molecular weight is 140 g/mol. The van der Waals surface area contributed by atoms with Crippen LogP contribution in [-0.2, 0) is 0 Å². The Morgan fingerprint density at radius 2 is 2.20 bits per heavy atom. The van der Waals surface area contributed by atoms with Gasteiger partial charge in [-0.1, -0.05) is 6.58 Å². The van der Waals surface area contributed by atoms with E-state index in [1.807, 2.05) is 12.1 Å². The van der Waals surface area contributed by atoms with E-state index in [-0.39, 0.29) is 0 Å². The molecular formula is C6H9BO3. The van der Waals surface area contributed by atoms with Crippen LogP contribution in [-0.4, -0.2) is 17.7 Å². The molecular weight excluding hydrogens is 131 g/mol. The second-order valence-corrected chi connectivity index (χ2v) is 1.36. The first-order valence-electron chi connectivity index (χ1n) is 2.72. The molecule has 0 unspecified atom stereocenters. The van der Waals surface area contributed by atoms with E-state index < -0.39 is 7.69 Å². The molecule has 0 saturated heterocycles. The highest BCUT2D eigenvalue weighted by Gasteiger charge is 1.80. The average Bonchev–Trinajstić information content (AvgIpc) is 2.39. The van der Waals surface area contributed by atoms with Crippen molar-refractivity contribution in [1.82, 2.24) is 0 Å². The van der Waals surface area contributed by atoms with Gasteiger partial charge in [-0.2, -0.15) is 0 Å². The molecule has 1 heterocycles. The van der Waals surface area contributed by atoms with Crippen LogP contribution in [0.4, 0.5) is 0 Å². The van der Waals surface area contributed by atoms with Crippen LogP contribution in [0.1, 0.15) is 5.76 Å². The van der Waals surface area contributed by atoms with Crippen molar-refractivity contribution in [2.75, 3.05) is 0 Å². The molecule has 1 aromatic heterocycles. The van der Waals surface area contributed by atoms with E-state index in [1.54, 1.807) is 12.3 Å². The Labute approximate surface area is 59.9 Å². The number of furan rings is 1. The maximum Gasteiger partial charge on any atom is 0.432 e. The molecule has 3 nitrogen and oxygen atoms in total. The Balaban J connectivity index is 0.000000236. The maximum absolute atomic E-state index is 7.12. The summed E-state index contributed by atoms with van der Waals surface area (Å²) < 4.78 is 4.86. The molecule has 1 aromatic rings. The molecule has 1 rings (SSSR count). The van der Waals surface area contributed by atoms with Gasteiger partial charge in [-0.05, 0) is 18.2 Å². The summed E-state index contributed by atoms with van der Waals surface area (Å²) in [5, 5.41) is 14.2. The molecule has 0 aliphatic rings. The van der Waals surface area contributed by atoms with Crippen molar-refractivity contribution in [1.29, 1.82) is 0 Å². The molecule has 2 N–H and O–H groups in total. The minimum absolute atomic E-state index is 0.750. The number of hydrogen-bond acceptors (Lipinski definition) is 3. The van der Waals surface area contributed by atoms with Gasteiger partial charge in [-0.15, -0.1) is 0 Å². The van der Waals surface area contributed by atoms with E-state index in [0.29, 0.717) is 0 Å². The van der Waals surface area contributed by atoms with Crippen molar-refractivity contribution in [3.63, 3.8) is 0 Å². The van der Waals surface area contributed by atoms with E-state index in [9.17, 15) is 0 Å². The molecule has 0 atom stereocenters. The standard InChI is InChI=1S/C6H6O.BH3O2/c1-2-6-4-3-5-7-6;2-1-3/h2-5H,1H2;1-3H. The van der Waals surface area contributed by atoms with Crippen molar-refractivity contribution in [3.8, 4) is 0 Å². The van der Waals surface area contributed by atoms with Gasteiger partial charge in [0, 0.05) is 0 Å². The van der Waals surface area contributed by atoms with Gasteiger partial charge in [0.1, 0.15) is 5.76 Å². The molecule has 0 aromatic carbocycles. The van der Waals surface area contributed by atoms with Gasteiger partial charge in [0.25, 0.3) is 0 Å². The summed E-state index contributed by atoms with van der Waals surface area (Å²) in [4.78, 5) is 0. The molecule has 0 saturated carbocycles. The van der Waals surface area contributed by atoms with Crippen molar-refractivity contribution in [2.24, 2.45) is 0 Å². The summed E-state index contributed by atoms with van der Waals surface area (Å²) in [5.74, 6) is 0.819. The van der Waals surface area contributed by atoms with E-state index in [2.05, 4.69) is 6.58 Å². The monoisotopic (exact) mass is 140 g/mol. The number of rotatable bonds is 1. The van der Waals surface area contributed by atoms with Gasteiger partial charge in [0.15, 0.2) is 0 Å². The molecule has 0 spiro atoms. The minimum Gasteiger partial charge on any atom is -0.465 e. The molecule has 0 amide bonds. The third-order valence-corrected chi connectivity index (χ3v) is 0.744. The van der Waals surface area contributed by atoms with Gasteiger partial charge in [-0.25, -0.2) is 0 Å². The first-order valence-corrected chi connectivity index (χ1v) is 2.72. The topological polar surface area (TPSA) is 53.6 Å². The van der Waals surface area contributed by atoms with Crippen LogP contribution < -0.4 is 0 Å². The van der Waals surface area contributed by atoms with Crippen LogP contribution in [0, 0.1) is 0 Å². The van der Waals surface area contributed by atoms with Gasteiger partial charge >= 0.3 is 7.69 Å². The van der Waals surface area contributed by atoms with Crippen LogP contribution in [0.15, 0.2) is 29.4 Å². The Hall–Kier alpha value is -0.995. The molecule has 0 aliphatic heterocycles. The summed E-state index contributed by atoms with van der Waals surface area (Å²) in [6.07, 6.45) is 3.29. The summed E-state index contributed by atoms with van der Waals surface area (Å²) >= 11 is 0. The maximum atomic E-state index is 7.12. The van der Waals surface area contributed by atoms with Crippen LogP contribution in [0.2, 0.25) is 0 Å². The lowest BCUT2D eigenvalue weighted by molar-refractivity contribution is 0.448. The molecule has 0 aliphatic carbocycles. The predicted molar refractivity (Wildman–Crippen MR) is 40.4 cm³/mol. The lowest BCUT2D eigenvalue weighted by atomic mass is 10.5. The van der Waals surface area contributed by atoms with Crippen LogP contribution in [0.5, 0.6) is 0 Å². The third kappa shape index (κ3) is 3.94. The van der Waals surface area contributed by atoms with Crippen molar-refractivity contribution < 1.29 is 14.5 Å². The second-order valence-electron chi connectivity index (χ2n) is 1.36. The van der Waals surface area contributed by atoms with Crippen LogP contribution in [0.3, 0.4) is 0 Å². The Morgan fingerprint density at radius 3 is 2.40 bits per heavy atom. The summed E-state index contributed by atoms with van der Waals surface area (Å²) in [6.45, 7) is 3.51. The normalized spacial score (nSPS) is 7.40. The van der Waals surface area contributed by atoms with Gasteiger partial charge in [-0.3, -0.25) is 0 Å². The Kier molecular flexibility index (Phi) is 5.52. The first-order chi connectivity index (χ1) is 4.85. The zero-order chi connectivity index (χ0) is 7.82. The molecule has 10 heavy (non-hydrogen) atoms. The summed E-state index contributed by atoms with van der Waals surface area (Å²) in [7, 11) is -0.750. The zero-order valence-corrected chi connectivity index (χ0v) is 5.53. The first kappa shape index (κ1) is 9.00. The third-order valence-electron chi connectivity index (χ3n) is 0.744. The largest absolute Gasteiger partial charge is 0.465 e. The highest BCUT2D eigenvalue weighted by atomic mass is 16.4. The molecule has 0 radical (unpaired) electrons. The second kappa shape index (κ2) is 6.13. The Bertz CT molecular complexity index is 160. The van der Waals surface area contributed by atoms with Crippen LogP contribution >= 0.6 is 0 Å². The highest BCUT2D eigenvalue weighted by molar-refractivity contribution is 6.13. The fraction of sp³-hybridized carbons (Fsp3) is 0. The molecule has 0 bridgehead atoms. The van der Waals surface area contributed by atoms with Crippen LogP contribution in [0.25, 0.3) is 6.08 Å². The SMILES string of the molecule is C=Cc1ccco1.OBO. The highest BCUT2D eigenvalue weighted by Crippen LogP contribution is 1.98. The molecule has 54 valence electrons. The fourth-order valence-electron chi connectivity index (χ4n) is 0.407. The van der Waals surface area contributed by atoms with E-state index >= 15 is 0 Å².